The smallest absolute Gasteiger partial charge is 0.209 e. The van der Waals surface area contributed by atoms with E-state index in [0.29, 0.717) is 15.3 Å². The summed E-state index contributed by atoms with van der Waals surface area (Å²) in [6.45, 7) is 0. The number of hydrogen-bond acceptors (Lipinski definition) is 3. The fraction of sp³-hybridized carbons (Fsp3) is 0.0213. The van der Waals surface area contributed by atoms with Gasteiger partial charge in [-0.1, -0.05) is 133 Å². The van der Waals surface area contributed by atoms with Crippen LogP contribution in [0, 0.1) is 0 Å². The lowest BCUT2D eigenvalue weighted by molar-refractivity contribution is 0.580. The Hall–Kier alpha value is -6.43. The van der Waals surface area contributed by atoms with Crippen molar-refractivity contribution in [3.05, 3.63) is 204 Å². The minimum Gasteiger partial charge on any atom is -0.310 e. The summed E-state index contributed by atoms with van der Waals surface area (Å²) in [7, 11) is -4.08. The van der Waals surface area contributed by atoms with Crippen LogP contribution in [0.25, 0.3) is 38.3 Å². The zero-order valence-corrected chi connectivity index (χ0v) is 28.8. The first kappa shape index (κ1) is 29.3. The Labute approximate surface area is 301 Å². The van der Waals surface area contributed by atoms with Crippen molar-refractivity contribution in [3.63, 3.8) is 0 Å². The van der Waals surface area contributed by atoms with E-state index in [1.54, 1.807) is 6.07 Å². The molecule has 3 heterocycles. The van der Waals surface area contributed by atoms with Gasteiger partial charge in [0, 0.05) is 27.7 Å². The van der Waals surface area contributed by atoms with Crippen LogP contribution in [0.15, 0.2) is 192 Å². The number of rotatable bonds is 2. The fourth-order valence-corrected chi connectivity index (χ4v) is 11.3. The van der Waals surface area contributed by atoms with E-state index in [-0.39, 0.29) is 0 Å². The summed E-state index contributed by atoms with van der Waals surface area (Å²) >= 11 is 0. The molecular weight excluding hydrogens is 657 g/mol. The third kappa shape index (κ3) is 3.58. The molecule has 1 spiro atoms. The average Bonchev–Trinajstić information content (AvgIpc) is 3.55. The molecule has 2 aliphatic rings. The third-order valence-corrected chi connectivity index (χ3v) is 13.0. The summed E-state index contributed by atoms with van der Waals surface area (Å²) < 4.78 is 33.6. The van der Waals surface area contributed by atoms with Crippen LogP contribution < -0.4 is 4.90 Å². The maximum absolute atomic E-state index is 15.7. The van der Waals surface area contributed by atoms with Gasteiger partial charge < -0.3 is 9.47 Å². The van der Waals surface area contributed by atoms with Crippen LogP contribution in [0.5, 0.6) is 0 Å². The largest absolute Gasteiger partial charge is 0.310 e. The van der Waals surface area contributed by atoms with Crippen molar-refractivity contribution in [3.8, 4) is 5.69 Å². The minimum absolute atomic E-state index is 0.335. The molecule has 0 amide bonds. The lowest BCUT2D eigenvalue weighted by Crippen LogP contribution is -2.42. The highest BCUT2D eigenvalue weighted by molar-refractivity contribution is 7.92. The first-order chi connectivity index (χ1) is 25.6. The molecule has 8 aromatic carbocycles. The zero-order chi connectivity index (χ0) is 34.6. The standard InChI is InChI=1S/C47H30N2O2S/c50-52(51)42-30-16-12-26-38(42)47(36-24-10-14-28-40(36)48(31-17-3-1-4-18-31)41-29-15-11-25-37(41)47)44-34-22-8-7-21-33(34)43-35-23-9-13-27-39(35)49(45(43)46(44)52)32-19-5-2-6-20-32/h1-30H. The number of hydrogen-bond donors (Lipinski definition) is 0. The van der Waals surface area contributed by atoms with Crippen LogP contribution in [0.4, 0.5) is 17.1 Å². The predicted molar refractivity (Wildman–Crippen MR) is 210 cm³/mol. The van der Waals surface area contributed by atoms with Gasteiger partial charge in [0.25, 0.3) is 0 Å². The SMILES string of the molecule is O=S1(=O)c2ccccc2C2(c3ccccc3N(c3ccccc3)c3ccccc32)c2c1c1c(c3ccccc23)c2ccccc2n1-c1ccccc1. The molecule has 52 heavy (non-hydrogen) atoms. The van der Waals surface area contributed by atoms with E-state index in [1.807, 2.05) is 60.7 Å². The van der Waals surface area contributed by atoms with E-state index in [1.165, 1.54) is 0 Å². The monoisotopic (exact) mass is 686 g/mol. The molecule has 2 aliphatic heterocycles. The highest BCUT2D eigenvalue weighted by atomic mass is 32.2. The lowest BCUT2D eigenvalue weighted by Gasteiger charge is -2.49. The highest BCUT2D eigenvalue weighted by Crippen LogP contribution is 2.64. The van der Waals surface area contributed by atoms with Crippen molar-refractivity contribution in [2.24, 2.45) is 0 Å². The van der Waals surface area contributed by atoms with Gasteiger partial charge in [0.2, 0.25) is 9.84 Å². The number of sulfone groups is 1. The van der Waals surface area contributed by atoms with Crippen LogP contribution in [0.2, 0.25) is 0 Å². The van der Waals surface area contributed by atoms with E-state index in [0.717, 1.165) is 72.1 Å². The molecule has 0 fully saturated rings. The maximum atomic E-state index is 15.7. The number of anilines is 3. The van der Waals surface area contributed by atoms with Crippen LogP contribution >= 0.6 is 0 Å². The van der Waals surface area contributed by atoms with Crippen molar-refractivity contribution >= 4 is 59.5 Å². The van der Waals surface area contributed by atoms with Crippen LogP contribution in [0.3, 0.4) is 0 Å². The van der Waals surface area contributed by atoms with E-state index < -0.39 is 15.3 Å². The van der Waals surface area contributed by atoms with Gasteiger partial charge in [-0.2, -0.15) is 0 Å². The van der Waals surface area contributed by atoms with Gasteiger partial charge in [0.05, 0.1) is 32.7 Å². The Balaban J connectivity index is 1.45. The Morgan fingerprint density at radius 3 is 1.62 bits per heavy atom. The molecule has 0 atom stereocenters. The second-order valence-corrected chi connectivity index (χ2v) is 15.5. The molecule has 0 saturated carbocycles. The van der Waals surface area contributed by atoms with Crippen LogP contribution in [0.1, 0.15) is 22.3 Å². The van der Waals surface area contributed by atoms with Crippen molar-refractivity contribution < 1.29 is 8.42 Å². The molecule has 11 rings (SSSR count). The summed E-state index contributed by atoms with van der Waals surface area (Å²) in [5.41, 5.74) is 8.29. The summed E-state index contributed by atoms with van der Waals surface area (Å²) in [6.07, 6.45) is 0. The molecule has 0 bridgehead atoms. The molecule has 0 radical (unpaired) electrons. The Kier molecular flexibility index (Phi) is 5.95. The van der Waals surface area contributed by atoms with Gasteiger partial charge in [-0.25, -0.2) is 8.42 Å². The van der Waals surface area contributed by atoms with Crippen molar-refractivity contribution in [2.45, 2.75) is 15.2 Å². The molecule has 4 nitrogen and oxygen atoms in total. The molecule has 0 saturated heterocycles. The summed E-state index contributed by atoms with van der Waals surface area (Å²) in [5, 5.41) is 3.91. The van der Waals surface area contributed by atoms with E-state index in [9.17, 15) is 0 Å². The molecule has 0 N–H and O–H groups in total. The Morgan fingerprint density at radius 1 is 0.442 bits per heavy atom. The number of nitrogens with zero attached hydrogens (tertiary/aromatic N) is 2. The summed E-state index contributed by atoms with van der Waals surface area (Å²) in [6, 6.07) is 62.1. The Morgan fingerprint density at radius 2 is 0.942 bits per heavy atom. The quantitative estimate of drug-likeness (QED) is 0.182. The normalized spacial score (nSPS) is 15.0. The van der Waals surface area contributed by atoms with Crippen LogP contribution in [-0.2, 0) is 15.3 Å². The topological polar surface area (TPSA) is 42.3 Å². The third-order valence-electron chi connectivity index (χ3n) is 11.1. The van der Waals surface area contributed by atoms with Gasteiger partial charge in [0.1, 0.15) is 4.90 Å². The zero-order valence-electron chi connectivity index (χ0n) is 27.9. The van der Waals surface area contributed by atoms with Crippen molar-refractivity contribution in [2.75, 3.05) is 4.90 Å². The Bertz CT molecular complexity index is 2990. The average molecular weight is 687 g/mol. The van der Waals surface area contributed by atoms with Crippen molar-refractivity contribution in [1.29, 1.82) is 0 Å². The minimum atomic E-state index is -4.08. The van der Waals surface area contributed by atoms with E-state index in [2.05, 4.69) is 125 Å². The predicted octanol–water partition coefficient (Wildman–Crippen LogP) is 11.2. The molecule has 1 aromatic heterocycles. The molecule has 246 valence electrons. The highest BCUT2D eigenvalue weighted by Gasteiger charge is 2.55. The lowest BCUT2D eigenvalue weighted by atomic mass is 9.61. The van der Waals surface area contributed by atoms with Gasteiger partial charge in [0.15, 0.2) is 0 Å². The second-order valence-electron chi connectivity index (χ2n) is 13.6. The van der Waals surface area contributed by atoms with E-state index in [4.69, 9.17) is 0 Å². The number of benzene rings is 8. The maximum Gasteiger partial charge on any atom is 0.209 e. The molecule has 0 unspecified atom stereocenters. The molecule has 5 heteroatoms. The first-order valence-electron chi connectivity index (χ1n) is 17.5. The summed E-state index contributed by atoms with van der Waals surface area (Å²) in [5.74, 6) is 0. The van der Waals surface area contributed by atoms with Gasteiger partial charge in [-0.15, -0.1) is 0 Å². The molecule has 9 aromatic rings. The molecular formula is C47H30N2O2S. The molecule has 0 aliphatic carbocycles. The van der Waals surface area contributed by atoms with Gasteiger partial charge in [-0.3, -0.25) is 0 Å². The summed E-state index contributed by atoms with van der Waals surface area (Å²) in [4.78, 5) is 3.02. The fourth-order valence-electron chi connectivity index (χ4n) is 9.28. The van der Waals surface area contributed by atoms with Crippen LogP contribution in [-0.4, -0.2) is 13.0 Å². The number of fused-ring (bicyclic) bond motifs is 15. The van der Waals surface area contributed by atoms with E-state index >= 15 is 8.42 Å². The number of aromatic nitrogens is 1. The van der Waals surface area contributed by atoms with Gasteiger partial charge >= 0.3 is 0 Å². The van der Waals surface area contributed by atoms with Gasteiger partial charge in [-0.05, 0) is 76.0 Å². The first-order valence-corrected chi connectivity index (χ1v) is 19.0. The number of para-hydroxylation sites is 5. The second kappa shape index (κ2) is 10.5. The van der Waals surface area contributed by atoms with Crippen molar-refractivity contribution in [1.82, 2.24) is 4.57 Å².